The van der Waals surface area contributed by atoms with Crippen molar-refractivity contribution in [2.45, 2.75) is 50.2 Å². The van der Waals surface area contributed by atoms with Crippen LogP contribution in [0.3, 0.4) is 0 Å². The van der Waals surface area contributed by atoms with Crippen molar-refractivity contribution in [1.82, 2.24) is 14.8 Å². The summed E-state index contributed by atoms with van der Waals surface area (Å²) in [7, 11) is 0. The molecule has 0 aliphatic carbocycles. The van der Waals surface area contributed by atoms with Gasteiger partial charge < -0.3 is 19.3 Å². The van der Waals surface area contributed by atoms with Crippen LogP contribution >= 0.6 is 0 Å². The van der Waals surface area contributed by atoms with E-state index in [0.717, 1.165) is 37.9 Å². The highest BCUT2D eigenvalue weighted by Crippen LogP contribution is 2.39. The van der Waals surface area contributed by atoms with Gasteiger partial charge in [0.15, 0.2) is 0 Å². The molecule has 0 bridgehead atoms. The quantitative estimate of drug-likeness (QED) is 0.784. The van der Waals surface area contributed by atoms with E-state index in [9.17, 15) is 9.59 Å². The first-order chi connectivity index (χ1) is 13.1. The van der Waals surface area contributed by atoms with Crippen LogP contribution < -0.4 is 4.74 Å². The minimum atomic E-state index is -0.119. The van der Waals surface area contributed by atoms with Gasteiger partial charge in [0.2, 0.25) is 11.8 Å². The molecule has 1 unspecified atom stereocenters. The van der Waals surface area contributed by atoms with E-state index >= 15 is 0 Å². The molecule has 1 aromatic rings. The molecule has 27 heavy (non-hydrogen) atoms. The molecule has 7 nitrogen and oxygen atoms in total. The van der Waals surface area contributed by atoms with Gasteiger partial charge in [-0.15, -0.1) is 0 Å². The Morgan fingerprint density at radius 1 is 1.22 bits per heavy atom. The SMILES string of the molecule is O=C(CN1CCCC1=O)N1CCC2(CCC(COc3ccncc3)O2)CC1. The molecule has 3 saturated heterocycles. The minimum Gasteiger partial charge on any atom is -0.491 e. The lowest BCUT2D eigenvalue weighted by atomic mass is 9.88. The number of nitrogens with zero attached hydrogens (tertiary/aromatic N) is 3. The molecule has 1 spiro atoms. The molecule has 0 radical (unpaired) electrons. The lowest BCUT2D eigenvalue weighted by molar-refractivity contribution is -0.143. The molecular weight excluding hydrogens is 346 g/mol. The van der Waals surface area contributed by atoms with Gasteiger partial charge in [0.25, 0.3) is 0 Å². The van der Waals surface area contributed by atoms with Crippen molar-refractivity contribution < 1.29 is 19.1 Å². The number of rotatable bonds is 5. The Morgan fingerprint density at radius 3 is 2.70 bits per heavy atom. The number of piperidine rings is 1. The third-order valence-corrected chi connectivity index (χ3v) is 5.95. The van der Waals surface area contributed by atoms with Gasteiger partial charge in [-0.25, -0.2) is 0 Å². The van der Waals surface area contributed by atoms with Crippen LogP contribution in [0.4, 0.5) is 0 Å². The van der Waals surface area contributed by atoms with Gasteiger partial charge in [-0.2, -0.15) is 0 Å². The van der Waals surface area contributed by atoms with E-state index in [2.05, 4.69) is 4.98 Å². The summed E-state index contributed by atoms with van der Waals surface area (Å²) in [5.41, 5.74) is -0.119. The molecule has 4 rings (SSSR count). The fraction of sp³-hybridized carbons (Fsp3) is 0.650. The molecule has 0 aromatic carbocycles. The summed E-state index contributed by atoms with van der Waals surface area (Å²) >= 11 is 0. The Bertz CT molecular complexity index is 673. The Hall–Kier alpha value is -2.15. The lowest BCUT2D eigenvalue weighted by Gasteiger charge is -2.39. The van der Waals surface area contributed by atoms with Crippen LogP contribution in [-0.2, 0) is 14.3 Å². The van der Waals surface area contributed by atoms with Crippen LogP contribution in [0.25, 0.3) is 0 Å². The maximum Gasteiger partial charge on any atom is 0.242 e. The molecule has 3 fully saturated rings. The van der Waals surface area contributed by atoms with Crippen LogP contribution in [0, 0.1) is 0 Å². The zero-order chi connectivity index (χ0) is 18.7. The average Bonchev–Trinajstić information content (AvgIpc) is 3.28. The zero-order valence-corrected chi connectivity index (χ0v) is 15.6. The van der Waals surface area contributed by atoms with Crippen molar-refractivity contribution in [3.8, 4) is 5.75 Å². The summed E-state index contributed by atoms with van der Waals surface area (Å²) in [6, 6.07) is 3.69. The fourth-order valence-electron chi connectivity index (χ4n) is 4.30. The summed E-state index contributed by atoms with van der Waals surface area (Å²) in [5.74, 6) is 0.982. The summed E-state index contributed by atoms with van der Waals surface area (Å²) < 4.78 is 12.1. The second kappa shape index (κ2) is 7.84. The Balaban J connectivity index is 1.23. The summed E-state index contributed by atoms with van der Waals surface area (Å²) in [5, 5.41) is 0. The molecule has 1 atom stereocenters. The van der Waals surface area contributed by atoms with Crippen molar-refractivity contribution >= 4 is 11.8 Å². The highest BCUT2D eigenvalue weighted by molar-refractivity contribution is 5.85. The van der Waals surface area contributed by atoms with Crippen molar-refractivity contribution in [2.75, 3.05) is 32.8 Å². The number of carbonyl (C=O) groups is 2. The van der Waals surface area contributed by atoms with E-state index in [-0.39, 0.29) is 30.1 Å². The van der Waals surface area contributed by atoms with Gasteiger partial charge in [-0.1, -0.05) is 0 Å². The molecule has 7 heteroatoms. The number of hydrogen-bond donors (Lipinski definition) is 0. The number of amides is 2. The van der Waals surface area contributed by atoms with Gasteiger partial charge in [0, 0.05) is 38.4 Å². The van der Waals surface area contributed by atoms with Crippen LogP contribution in [0.1, 0.15) is 38.5 Å². The minimum absolute atomic E-state index is 0.0654. The largest absolute Gasteiger partial charge is 0.491 e. The van der Waals surface area contributed by atoms with Crippen molar-refractivity contribution in [1.29, 1.82) is 0 Å². The molecule has 0 saturated carbocycles. The van der Waals surface area contributed by atoms with E-state index in [1.54, 1.807) is 17.3 Å². The van der Waals surface area contributed by atoms with Crippen molar-refractivity contribution in [3.63, 3.8) is 0 Å². The second-order valence-electron chi connectivity index (χ2n) is 7.76. The van der Waals surface area contributed by atoms with Crippen LogP contribution in [0.5, 0.6) is 5.75 Å². The standard InChI is InChI=1S/C20H27N3O4/c24-18-2-1-11-23(18)14-19(25)22-12-7-20(8-13-22)6-3-17(27-20)15-26-16-4-9-21-10-5-16/h4-5,9-10,17H,1-3,6-8,11-15H2. The van der Waals surface area contributed by atoms with E-state index < -0.39 is 0 Å². The molecule has 1 aromatic heterocycles. The van der Waals surface area contributed by atoms with E-state index in [4.69, 9.17) is 9.47 Å². The maximum atomic E-state index is 12.5. The lowest BCUT2D eigenvalue weighted by Crippen LogP contribution is -2.49. The number of pyridine rings is 1. The summed E-state index contributed by atoms with van der Waals surface area (Å²) in [6.45, 7) is 2.91. The number of likely N-dealkylation sites (tertiary alicyclic amines) is 2. The molecular formula is C20H27N3O4. The Morgan fingerprint density at radius 2 is 2.00 bits per heavy atom. The van der Waals surface area contributed by atoms with Gasteiger partial charge >= 0.3 is 0 Å². The maximum absolute atomic E-state index is 12.5. The van der Waals surface area contributed by atoms with Gasteiger partial charge in [-0.05, 0) is 44.2 Å². The zero-order valence-electron chi connectivity index (χ0n) is 15.6. The molecule has 4 heterocycles. The van der Waals surface area contributed by atoms with Crippen molar-refractivity contribution in [3.05, 3.63) is 24.5 Å². The third kappa shape index (κ3) is 4.24. The van der Waals surface area contributed by atoms with E-state index in [1.165, 1.54) is 0 Å². The Labute approximate surface area is 159 Å². The normalized spacial score (nSPS) is 24.6. The number of carbonyl (C=O) groups excluding carboxylic acids is 2. The molecule has 0 N–H and O–H groups in total. The second-order valence-corrected chi connectivity index (χ2v) is 7.76. The summed E-state index contributed by atoms with van der Waals surface area (Å²) in [6.07, 6.45) is 8.70. The molecule has 2 amide bonds. The molecule has 3 aliphatic rings. The highest BCUT2D eigenvalue weighted by atomic mass is 16.6. The van der Waals surface area contributed by atoms with E-state index in [1.807, 2.05) is 17.0 Å². The van der Waals surface area contributed by atoms with Crippen LogP contribution in [-0.4, -0.2) is 71.1 Å². The fourth-order valence-corrected chi connectivity index (χ4v) is 4.30. The first kappa shape index (κ1) is 18.2. The smallest absolute Gasteiger partial charge is 0.242 e. The number of aromatic nitrogens is 1. The van der Waals surface area contributed by atoms with Gasteiger partial charge in [0.1, 0.15) is 12.4 Å². The predicted molar refractivity (Wildman–Crippen MR) is 98.2 cm³/mol. The first-order valence-corrected chi connectivity index (χ1v) is 9.90. The summed E-state index contributed by atoms with van der Waals surface area (Å²) in [4.78, 5) is 31.8. The van der Waals surface area contributed by atoms with Crippen LogP contribution in [0.2, 0.25) is 0 Å². The van der Waals surface area contributed by atoms with Crippen molar-refractivity contribution in [2.24, 2.45) is 0 Å². The van der Waals surface area contributed by atoms with Gasteiger partial charge in [-0.3, -0.25) is 14.6 Å². The number of hydrogen-bond acceptors (Lipinski definition) is 5. The molecule has 146 valence electrons. The highest BCUT2D eigenvalue weighted by Gasteiger charge is 2.43. The Kier molecular flexibility index (Phi) is 5.29. The third-order valence-electron chi connectivity index (χ3n) is 5.95. The first-order valence-electron chi connectivity index (χ1n) is 9.90. The molecule has 3 aliphatic heterocycles. The monoisotopic (exact) mass is 373 g/mol. The van der Waals surface area contributed by atoms with E-state index in [0.29, 0.717) is 32.7 Å². The van der Waals surface area contributed by atoms with Gasteiger partial charge in [0.05, 0.1) is 18.2 Å². The topological polar surface area (TPSA) is 72.0 Å². The average molecular weight is 373 g/mol. The van der Waals surface area contributed by atoms with Crippen LogP contribution in [0.15, 0.2) is 24.5 Å². The number of ether oxygens (including phenoxy) is 2. The predicted octanol–water partition coefficient (Wildman–Crippen LogP) is 1.62.